The molecule has 5 atom stereocenters. The van der Waals surface area contributed by atoms with Gasteiger partial charge in [-0.2, -0.15) is 0 Å². The smallest absolute Gasteiger partial charge is 0.463 e. The molecule has 0 rings (SSSR count). The van der Waals surface area contributed by atoms with Crippen molar-refractivity contribution in [3.63, 3.8) is 0 Å². The van der Waals surface area contributed by atoms with E-state index in [1.165, 1.54) is 77.0 Å². The third kappa shape index (κ3) is 83.7. The Balaban J connectivity index is 4.66. The summed E-state index contributed by atoms with van der Waals surface area (Å²) >= 11 is 0. The lowest BCUT2D eigenvalue weighted by atomic mass is 10.0. The molecule has 0 aromatic heterocycles. The van der Waals surface area contributed by atoms with E-state index in [2.05, 4.69) is 191 Å². The zero-order valence-corrected chi connectivity index (χ0v) is 70.0. The fraction of sp³-hybridized carbons (Fsp3) is 0.659. The summed E-state index contributed by atoms with van der Waals surface area (Å²) in [6.07, 6.45) is 105. The average molecular weight is 1560 g/mol. The number of esters is 3. The van der Waals surface area contributed by atoms with Gasteiger partial charge in [0.25, 0.3) is 0 Å². The van der Waals surface area contributed by atoms with Crippen molar-refractivity contribution in [2.75, 3.05) is 39.6 Å². The number of carbonyl (C=O) groups is 3. The van der Waals surface area contributed by atoms with Crippen LogP contribution in [0, 0.1) is 0 Å². The fourth-order valence-electron chi connectivity index (χ4n) is 11.0. The number of phosphoric acid groups is 2. The van der Waals surface area contributed by atoms with Gasteiger partial charge in [-0.1, -0.05) is 326 Å². The van der Waals surface area contributed by atoms with Gasteiger partial charge in [-0.15, -0.1) is 0 Å². The third-order valence-corrected chi connectivity index (χ3v) is 19.3. The standard InChI is InChI=1S/C91H152O16P2/c1-4-7-10-13-16-19-22-25-28-31-34-36-38-40-42-44-46-48-51-53-56-59-62-65-68-71-74-77-89(94)101-80-86(92)81-103-108(97,98)104-82-87(93)83-105-109(99,100)106-85-88(107-91(96)79-76-73-70-67-64-61-58-55-50-33-30-27-24-21-18-15-12-9-6-3)84-102-90(95)78-75-72-69-66-63-60-57-54-52-49-47-45-43-41-39-37-35-32-29-26-23-20-17-14-11-8-5-2/h7-8,10-11,16-21,25-30,34-37,40-43,46,48,50,55,86-88,92-93H,4-6,9,12-15,22-24,31-33,38-39,44-45,47,49,51-54,56-85H2,1-3H3,(H,97,98)(H,99,100)/b10-7-,11-8-,19-16-,20-17-,21-18-,28-25-,29-26-,30-27-,36-34-,37-35-,42-40-,43-41-,48-46-,55-50-. The Morgan fingerprint density at radius 3 is 0.771 bits per heavy atom. The summed E-state index contributed by atoms with van der Waals surface area (Å²) in [5, 5.41) is 20.7. The first kappa shape index (κ1) is 104. The summed E-state index contributed by atoms with van der Waals surface area (Å²) in [6, 6.07) is 0. The molecule has 0 aliphatic carbocycles. The molecule has 0 bridgehead atoms. The first-order valence-electron chi connectivity index (χ1n) is 42.4. The lowest BCUT2D eigenvalue weighted by Crippen LogP contribution is -2.30. The van der Waals surface area contributed by atoms with Gasteiger partial charge < -0.3 is 34.2 Å². The quantitative estimate of drug-likeness (QED) is 0.0146. The van der Waals surface area contributed by atoms with Crippen LogP contribution in [0.4, 0.5) is 0 Å². The molecular formula is C91H152O16P2. The Hall–Kier alpha value is -5.09. The summed E-state index contributed by atoms with van der Waals surface area (Å²) in [5.74, 6) is -1.60. The van der Waals surface area contributed by atoms with Crippen molar-refractivity contribution >= 4 is 33.6 Å². The van der Waals surface area contributed by atoms with E-state index in [-0.39, 0.29) is 19.3 Å². The van der Waals surface area contributed by atoms with Crippen molar-refractivity contribution in [1.82, 2.24) is 0 Å². The Labute approximate surface area is 662 Å². The number of phosphoric ester groups is 2. The van der Waals surface area contributed by atoms with Crippen LogP contribution in [-0.2, 0) is 55.8 Å². The summed E-state index contributed by atoms with van der Waals surface area (Å²) in [4.78, 5) is 58.9. The van der Waals surface area contributed by atoms with Gasteiger partial charge in [0.2, 0.25) is 0 Å². The Morgan fingerprint density at radius 2 is 0.486 bits per heavy atom. The van der Waals surface area contributed by atoms with Gasteiger partial charge in [0, 0.05) is 19.3 Å². The predicted molar refractivity (Wildman–Crippen MR) is 454 cm³/mol. The molecule has 0 amide bonds. The monoisotopic (exact) mass is 1560 g/mol. The minimum absolute atomic E-state index is 0.0848. The van der Waals surface area contributed by atoms with Crippen molar-refractivity contribution in [2.45, 2.75) is 347 Å². The van der Waals surface area contributed by atoms with Crippen molar-refractivity contribution < 1.29 is 75.8 Å². The largest absolute Gasteiger partial charge is 0.472 e. The van der Waals surface area contributed by atoms with Gasteiger partial charge in [0.1, 0.15) is 25.4 Å². The topological polar surface area (TPSA) is 231 Å². The van der Waals surface area contributed by atoms with Crippen LogP contribution in [0.15, 0.2) is 170 Å². The summed E-state index contributed by atoms with van der Waals surface area (Å²) in [6.45, 7) is 2.41. The lowest BCUT2D eigenvalue weighted by Gasteiger charge is -2.21. The minimum Gasteiger partial charge on any atom is -0.463 e. The second-order valence-corrected chi connectivity index (χ2v) is 30.8. The SMILES string of the molecule is CC/C=C\C/C=C\C/C=C\C/C=C\C/C=C\C/C=C\CCCCCCCCCCC(=O)OCC(O)COP(=O)(O)OCC(O)COP(=O)(O)OCC(COC(=O)CCCCCCCCCCCCC/C=C\C/C=C\C/C=C\C/C=C\C/C=C\CC)OC(=O)CCCCCCCC/C=C\C/C=C\C/C=C\CCCCC. The van der Waals surface area contributed by atoms with E-state index in [1.807, 2.05) is 0 Å². The van der Waals surface area contributed by atoms with Gasteiger partial charge >= 0.3 is 33.6 Å². The van der Waals surface area contributed by atoms with Gasteiger partial charge in [-0.05, 0) is 154 Å². The van der Waals surface area contributed by atoms with Crippen LogP contribution in [0.3, 0.4) is 0 Å². The first-order valence-corrected chi connectivity index (χ1v) is 45.4. The Kier molecular flexibility index (Phi) is 78.5. The zero-order valence-electron chi connectivity index (χ0n) is 68.2. The van der Waals surface area contributed by atoms with Crippen LogP contribution in [0.1, 0.15) is 329 Å². The predicted octanol–water partition coefficient (Wildman–Crippen LogP) is 25.5. The lowest BCUT2D eigenvalue weighted by molar-refractivity contribution is -0.161. The van der Waals surface area contributed by atoms with Crippen LogP contribution in [-0.4, -0.2) is 95.9 Å². The molecule has 0 spiro atoms. The molecule has 4 N–H and O–H groups in total. The maximum atomic E-state index is 13.0. The number of ether oxygens (including phenoxy) is 3. The van der Waals surface area contributed by atoms with Crippen LogP contribution < -0.4 is 0 Å². The Morgan fingerprint density at radius 1 is 0.266 bits per heavy atom. The molecule has 0 saturated heterocycles. The highest BCUT2D eigenvalue weighted by Gasteiger charge is 2.29. The number of rotatable bonds is 79. The molecule has 0 aliphatic heterocycles. The number of allylic oxidation sites excluding steroid dienone is 28. The summed E-state index contributed by atoms with van der Waals surface area (Å²) in [5.41, 5.74) is 0. The maximum absolute atomic E-state index is 13.0. The number of aliphatic hydroxyl groups is 2. The second kappa shape index (κ2) is 82.4. The molecule has 5 unspecified atom stereocenters. The van der Waals surface area contributed by atoms with E-state index < -0.39 is 91.5 Å². The maximum Gasteiger partial charge on any atom is 0.472 e. The number of hydrogen-bond acceptors (Lipinski definition) is 14. The molecule has 0 aromatic rings. The molecule has 0 fully saturated rings. The van der Waals surface area contributed by atoms with Crippen molar-refractivity contribution in [3.05, 3.63) is 170 Å². The van der Waals surface area contributed by atoms with E-state index in [0.717, 1.165) is 193 Å². The highest BCUT2D eigenvalue weighted by Crippen LogP contribution is 2.45. The van der Waals surface area contributed by atoms with E-state index in [9.17, 15) is 43.5 Å². The molecule has 109 heavy (non-hydrogen) atoms. The molecule has 18 heteroatoms. The average Bonchev–Trinajstić information content (AvgIpc) is 0.947. The third-order valence-electron chi connectivity index (χ3n) is 17.4. The zero-order chi connectivity index (χ0) is 79.4. The molecule has 0 aromatic carbocycles. The summed E-state index contributed by atoms with van der Waals surface area (Å²) < 4.78 is 61.3. The molecule has 16 nitrogen and oxygen atoms in total. The van der Waals surface area contributed by atoms with E-state index in [0.29, 0.717) is 19.3 Å². The van der Waals surface area contributed by atoms with Gasteiger partial charge in [-0.3, -0.25) is 32.5 Å². The van der Waals surface area contributed by atoms with Gasteiger partial charge in [0.05, 0.1) is 26.4 Å². The number of unbranched alkanes of at least 4 members (excludes halogenated alkanes) is 28. The van der Waals surface area contributed by atoms with Gasteiger partial charge in [-0.25, -0.2) is 9.13 Å². The van der Waals surface area contributed by atoms with Crippen LogP contribution in [0.25, 0.3) is 0 Å². The highest BCUT2D eigenvalue weighted by molar-refractivity contribution is 7.47. The molecule has 0 saturated carbocycles. The van der Waals surface area contributed by atoms with Crippen LogP contribution >= 0.6 is 15.6 Å². The van der Waals surface area contributed by atoms with E-state index >= 15 is 0 Å². The van der Waals surface area contributed by atoms with E-state index in [4.69, 9.17) is 32.3 Å². The second-order valence-electron chi connectivity index (χ2n) is 27.9. The summed E-state index contributed by atoms with van der Waals surface area (Å²) in [7, 11) is -9.82. The Bertz CT molecular complexity index is 2660. The minimum atomic E-state index is -4.95. The molecule has 0 aliphatic rings. The van der Waals surface area contributed by atoms with Crippen LogP contribution in [0.5, 0.6) is 0 Å². The number of hydrogen-bond donors (Lipinski definition) is 4. The van der Waals surface area contributed by atoms with Crippen molar-refractivity contribution in [3.8, 4) is 0 Å². The molecule has 622 valence electrons. The molecular weight excluding hydrogens is 1410 g/mol. The van der Waals surface area contributed by atoms with Gasteiger partial charge in [0.15, 0.2) is 6.10 Å². The number of aliphatic hydroxyl groups excluding tert-OH is 2. The van der Waals surface area contributed by atoms with Crippen molar-refractivity contribution in [1.29, 1.82) is 0 Å². The number of carbonyl (C=O) groups excluding carboxylic acids is 3. The van der Waals surface area contributed by atoms with Crippen molar-refractivity contribution in [2.24, 2.45) is 0 Å². The van der Waals surface area contributed by atoms with Crippen LogP contribution in [0.2, 0.25) is 0 Å². The molecule has 0 heterocycles. The van der Waals surface area contributed by atoms with E-state index in [1.54, 1.807) is 0 Å². The first-order chi connectivity index (χ1) is 53.2. The fourth-order valence-corrected chi connectivity index (χ4v) is 12.6. The highest BCUT2D eigenvalue weighted by atomic mass is 31.2. The normalized spacial score (nSPS) is 14.7. The molecule has 0 radical (unpaired) electrons.